The van der Waals surface area contributed by atoms with E-state index in [1.165, 1.54) is 11.3 Å². The molecular weight excluding hydrogens is 276 g/mol. The minimum Gasteiger partial charge on any atom is -0.486 e. The fraction of sp³-hybridized carbons (Fsp3) is 0.286. The Morgan fingerprint density at radius 3 is 2.70 bits per heavy atom. The van der Waals surface area contributed by atoms with Gasteiger partial charge in [-0.25, -0.2) is 4.98 Å². The second-order valence-corrected chi connectivity index (χ2v) is 5.86. The van der Waals surface area contributed by atoms with Crippen molar-refractivity contribution in [2.75, 3.05) is 18.5 Å². The third-order valence-corrected chi connectivity index (χ3v) is 3.80. The highest BCUT2D eigenvalue weighted by Crippen LogP contribution is 2.32. The average Bonchev–Trinajstić information content (AvgIpc) is 2.78. The first kappa shape index (κ1) is 12.9. The summed E-state index contributed by atoms with van der Waals surface area (Å²) in [5.41, 5.74) is 1.15. The van der Waals surface area contributed by atoms with E-state index in [9.17, 15) is 4.79 Å². The Balaban J connectivity index is 1.81. The van der Waals surface area contributed by atoms with Gasteiger partial charge in [0.25, 0.3) is 5.91 Å². The molecule has 1 N–H and O–H groups in total. The molecule has 20 heavy (non-hydrogen) atoms. The molecule has 6 heteroatoms. The molecule has 0 saturated carbocycles. The molecule has 2 heterocycles. The largest absolute Gasteiger partial charge is 0.486 e. The van der Waals surface area contributed by atoms with E-state index < -0.39 is 0 Å². The number of rotatable bonds is 2. The molecule has 2 aromatic rings. The van der Waals surface area contributed by atoms with Gasteiger partial charge in [-0.05, 0) is 26.0 Å². The topological polar surface area (TPSA) is 60.5 Å². The molecule has 1 aromatic heterocycles. The number of aromatic nitrogens is 1. The minimum absolute atomic E-state index is 0.205. The SMILES string of the molecule is Cc1nc(C(=O)Nc2ccc3c(c2)OCCO3)c(C)s1. The first-order chi connectivity index (χ1) is 9.63. The van der Waals surface area contributed by atoms with Crippen molar-refractivity contribution in [1.29, 1.82) is 0 Å². The van der Waals surface area contributed by atoms with Gasteiger partial charge in [0, 0.05) is 16.6 Å². The summed E-state index contributed by atoms with van der Waals surface area (Å²) in [6, 6.07) is 5.35. The van der Waals surface area contributed by atoms with E-state index in [0.29, 0.717) is 36.1 Å². The van der Waals surface area contributed by atoms with Crippen molar-refractivity contribution in [1.82, 2.24) is 4.98 Å². The molecule has 0 saturated heterocycles. The van der Waals surface area contributed by atoms with Crippen molar-refractivity contribution in [2.45, 2.75) is 13.8 Å². The lowest BCUT2D eigenvalue weighted by Crippen LogP contribution is -2.17. The summed E-state index contributed by atoms with van der Waals surface area (Å²) >= 11 is 1.51. The zero-order valence-electron chi connectivity index (χ0n) is 11.2. The maximum atomic E-state index is 12.2. The number of carbonyl (C=O) groups is 1. The van der Waals surface area contributed by atoms with E-state index >= 15 is 0 Å². The van der Waals surface area contributed by atoms with E-state index in [4.69, 9.17) is 9.47 Å². The number of aryl methyl sites for hydroxylation is 2. The molecule has 0 bridgehead atoms. The molecular formula is C14H14N2O3S. The molecule has 1 amide bonds. The van der Waals surface area contributed by atoms with Crippen LogP contribution in [0.15, 0.2) is 18.2 Å². The van der Waals surface area contributed by atoms with Gasteiger partial charge in [0.15, 0.2) is 11.5 Å². The number of ether oxygens (including phenoxy) is 2. The van der Waals surface area contributed by atoms with Crippen molar-refractivity contribution in [2.24, 2.45) is 0 Å². The van der Waals surface area contributed by atoms with Crippen LogP contribution in [0.5, 0.6) is 11.5 Å². The second kappa shape index (κ2) is 5.13. The highest BCUT2D eigenvalue weighted by molar-refractivity contribution is 7.11. The molecule has 0 fully saturated rings. The fourth-order valence-electron chi connectivity index (χ4n) is 2.05. The van der Waals surface area contributed by atoms with Crippen LogP contribution < -0.4 is 14.8 Å². The number of thiazole rings is 1. The summed E-state index contributed by atoms with van der Waals surface area (Å²) < 4.78 is 10.9. The minimum atomic E-state index is -0.205. The van der Waals surface area contributed by atoms with Crippen LogP contribution in [-0.2, 0) is 0 Å². The Hall–Kier alpha value is -2.08. The lowest BCUT2D eigenvalue weighted by Gasteiger charge is -2.18. The van der Waals surface area contributed by atoms with Gasteiger partial charge >= 0.3 is 0 Å². The van der Waals surface area contributed by atoms with Crippen LogP contribution >= 0.6 is 11.3 Å². The summed E-state index contributed by atoms with van der Waals surface area (Å²) in [5.74, 6) is 1.15. The number of carbonyl (C=O) groups excluding carboxylic acids is 1. The first-order valence-electron chi connectivity index (χ1n) is 6.28. The maximum Gasteiger partial charge on any atom is 0.275 e. The van der Waals surface area contributed by atoms with Crippen LogP contribution in [0, 0.1) is 13.8 Å². The normalized spacial score (nSPS) is 13.1. The van der Waals surface area contributed by atoms with Gasteiger partial charge in [-0.1, -0.05) is 0 Å². The standard InChI is InChI=1S/C14H14N2O3S/c1-8-13(15-9(2)20-8)14(17)16-10-3-4-11-12(7-10)19-6-5-18-11/h3-4,7H,5-6H2,1-2H3,(H,16,17). The van der Waals surface area contributed by atoms with Crippen molar-refractivity contribution >= 4 is 22.9 Å². The van der Waals surface area contributed by atoms with Crippen molar-refractivity contribution in [3.05, 3.63) is 33.8 Å². The number of nitrogens with one attached hydrogen (secondary N) is 1. The molecule has 1 aliphatic heterocycles. The predicted octanol–water partition coefficient (Wildman–Crippen LogP) is 2.78. The van der Waals surface area contributed by atoms with Crippen molar-refractivity contribution < 1.29 is 14.3 Å². The number of nitrogens with zero attached hydrogens (tertiary/aromatic N) is 1. The van der Waals surface area contributed by atoms with Crippen molar-refractivity contribution in [3.63, 3.8) is 0 Å². The molecule has 0 unspecified atom stereocenters. The molecule has 1 aliphatic rings. The zero-order valence-corrected chi connectivity index (χ0v) is 12.0. The second-order valence-electron chi connectivity index (χ2n) is 4.45. The lowest BCUT2D eigenvalue weighted by atomic mass is 10.2. The van der Waals surface area contributed by atoms with Gasteiger partial charge in [-0.2, -0.15) is 0 Å². The van der Waals surface area contributed by atoms with E-state index in [1.54, 1.807) is 18.2 Å². The number of hydrogen-bond acceptors (Lipinski definition) is 5. The van der Waals surface area contributed by atoms with Crippen LogP contribution in [-0.4, -0.2) is 24.1 Å². The van der Waals surface area contributed by atoms with Crippen LogP contribution in [0.3, 0.4) is 0 Å². The number of hydrogen-bond donors (Lipinski definition) is 1. The van der Waals surface area contributed by atoms with Crippen LogP contribution in [0.1, 0.15) is 20.4 Å². The Labute approximate surface area is 120 Å². The third kappa shape index (κ3) is 2.46. The summed E-state index contributed by atoms with van der Waals surface area (Å²) in [4.78, 5) is 17.3. The van der Waals surface area contributed by atoms with Crippen molar-refractivity contribution in [3.8, 4) is 11.5 Å². The highest BCUT2D eigenvalue weighted by atomic mass is 32.1. The predicted molar refractivity (Wildman–Crippen MR) is 77.0 cm³/mol. The van der Waals surface area contributed by atoms with E-state index in [1.807, 2.05) is 13.8 Å². The molecule has 0 spiro atoms. The monoisotopic (exact) mass is 290 g/mol. The van der Waals surface area contributed by atoms with Crippen LogP contribution in [0.4, 0.5) is 5.69 Å². The van der Waals surface area contributed by atoms with Crippen LogP contribution in [0.2, 0.25) is 0 Å². The summed E-state index contributed by atoms with van der Waals surface area (Å²) in [6.07, 6.45) is 0. The number of benzene rings is 1. The molecule has 0 aliphatic carbocycles. The summed E-state index contributed by atoms with van der Waals surface area (Å²) in [6.45, 7) is 4.85. The van der Waals surface area contributed by atoms with Crippen LogP contribution in [0.25, 0.3) is 0 Å². The van der Waals surface area contributed by atoms with Gasteiger partial charge in [-0.3, -0.25) is 4.79 Å². The third-order valence-electron chi connectivity index (χ3n) is 2.92. The van der Waals surface area contributed by atoms with E-state index in [2.05, 4.69) is 10.3 Å². The summed E-state index contributed by atoms with van der Waals surface area (Å²) in [5, 5.41) is 3.72. The maximum absolute atomic E-state index is 12.2. The van der Waals surface area contributed by atoms with Gasteiger partial charge in [0.2, 0.25) is 0 Å². The zero-order chi connectivity index (χ0) is 14.1. The summed E-state index contributed by atoms with van der Waals surface area (Å²) in [7, 11) is 0. The first-order valence-corrected chi connectivity index (χ1v) is 7.10. The Morgan fingerprint density at radius 2 is 2.00 bits per heavy atom. The molecule has 1 aromatic carbocycles. The molecule has 3 rings (SSSR count). The van der Waals surface area contributed by atoms with Gasteiger partial charge in [-0.15, -0.1) is 11.3 Å². The highest BCUT2D eigenvalue weighted by Gasteiger charge is 2.16. The molecule has 0 radical (unpaired) electrons. The number of fused-ring (bicyclic) bond motifs is 1. The quantitative estimate of drug-likeness (QED) is 0.924. The average molecular weight is 290 g/mol. The molecule has 0 atom stereocenters. The number of anilines is 1. The molecule has 5 nitrogen and oxygen atoms in total. The molecule has 104 valence electrons. The van der Waals surface area contributed by atoms with Gasteiger partial charge in [0.05, 0.1) is 5.01 Å². The van der Waals surface area contributed by atoms with Gasteiger partial charge < -0.3 is 14.8 Å². The fourth-order valence-corrected chi connectivity index (χ4v) is 2.87. The smallest absolute Gasteiger partial charge is 0.275 e. The van der Waals surface area contributed by atoms with Gasteiger partial charge in [0.1, 0.15) is 18.9 Å². The Morgan fingerprint density at radius 1 is 1.25 bits per heavy atom. The Kier molecular flexibility index (Phi) is 3.31. The van der Waals surface area contributed by atoms with E-state index in [-0.39, 0.29) is 5.91 Å². The number of amides is 1. The lowest BCUT2D eigenvalue weighted by molar-refractivity contribution is 0.102. The van der Waals surface area contributed by atoms with E-state index in [0.717, 1.165) is 9.88 Å². The Bertz CT molecular complexity index is 666.